The summed E-state index contributed by atoms with van der Waals surface area (Å²) in [6, 6.07) is 16.6. The molecular weight excluding hydrogens is 488 g/mol. The third-order valence-electron chi connectivity index (χ3n) is 5.07. The number of anilines is 2. The number of rotatable bonds is 10. The molecule has 0 saturated carbocycles. The summed E-state index contributed by atoms with van der Waals surface area (Å²) in [4.78, 5) is 13.6. The van der Waals surface area contributed by atoms with Gasteiger partial charge in [-0.15, -0.1) is 11.8 Å². The van der Waals surface area contributed by atoms with Gasteiger partial charge in [0.1, 0.15) is 5.75 Å². The van der Waals surface area contributed by atoms with E-state index < -0.39 is 15.3 Å². The highest BCUT2D eigenvalue weighted by Gasteiger charge is 2.19. The van der Waals surface area contributed by atoms with Gasteiger partial charge in [0.15, 0.2) is 11.5 Å². The van der Waals surface area contributed by atoms with Crippen molar-refractivity contribution in [2.24, 2.45) is 0 Å². The Bertz CT molecular complexity index is 1290. The molecule has 2 N–H and O–H groups in total. The summed E-state index contributed by atoms with van der Waals surface area (Å²) in [5.74, 6) is 1.39. The third kappa shape index (κ3) is 6.61. The number of ether oxygens (including phenoxy) is 3. The molecule has 3 aromatic carbocycles. The van der Waals surface area contributed by atoms with Gasteiger partial charge < -0.3 is 19.5 Å². The minimum Gasteiger partial charge on any atom is -0.495 e. The summed E-state index contributed by atoms with van der Waals surface area (Å²) >= 11 is 1.37. The Hall–Kier alpha value is -3.37. The predicted octanol–water partition coefficient (Wildman–Crippen LogP) is 4.94. The zero-order chi connectivity index (χ0) is 25.6. The molecule has 0 aliphatic carbocycles. The van der Waals surface area contributed by atoms with Crippen LogP contribution >= 0.6 is 11.8 Å². The monoisotopic (exact) mass is 516 g/mol. The van der Waals surface area contributed by atoms with Gasteiger partial charge in [-0.1, -0.05) is 6.07 Å². The van der Waals surface area contributed by atoms with E-state index in [4.69, 9.17) is 14.2 Å². The van der Waals surface area contributed by atoms with Crippen molar-refractivity contribution in [3.63, 3.8) is 0 Å². The topological polar surface area (TPSA) is 103 Å². The lowest BCUT2D eigenvalue weighted by Gasteiger charge is -2.15. The van der Waals surface area contributed by atoms with Gasteiger partial charge in [0.05, 0.1) is 37.2 Å². The van der Waals surface area contributed by atoms with Crippen molar-refractivity contribution in [3.05, 3.63) is 66.2 Å². The predicted molar refractivity (Wildman–Crippen MR) is 138 cm³/mol. The Labute approximate surface area is 210 Å². The summed E-state index contributed by atoms with van der Waals surface area (Å²) < 4.78 is 44.0. The van der Waals surface area contributed by atoms with E-state index in [1.165, 1.54) is 31.0 Å². The molecule has 35 heavy (non-hydrogen) atoms. The van der Waals surface area contributed by atoms with E-state index in [-0.39, 0.29) is 10.8 Å². The number of sulfonamides is 1. The molecule has 1 amide bonds. The van der Waals surface area contributed by atoms with Crippen LogP contribution in [0.2, 0.25) is 0 Å². The molecule has 1 atom stereocenters. The molecule has 0 fully saturated rings. The van der Waals surface area contributed by atoms with Crippen molar-refractivity contribution in [1.29, 1.82) is 0 Å². The normalized spacial score (nSPS) is 11.9. The Morgan fingerprint density at radius 2 is 1.49 bits per heavy atom. The molecule has 0 radical (unpaired) electrons. The molecule has 3 aromatic rings. The zero-order valence-corrected chi connectivity index (χ0v) is 21.7. The van der Waals surface area contributed by atoms with Crippen molar-refractivity contribution >= 4 is 39.1 Å². The lowest BCUT2D eigenvalue weighted by Crippen LogP contribution is -2.22. The fraction of sp³-hybridized carbons (Fsp3) is 0.240. The highest BCUT2D eigenvalue weighted by Crippen LogP contribution is 2.34. The van der Waals surface area contributed by atoms with Gasteiger partial charge in [0.25, 0.3) is 10.0 Å². The van der Waals surface area contributed by atoms with Gasteiger partial charge in [0, 0.05) is 10.6 Å². The summed E-state index contributed by atoms with van der Waals surface area (Å²) in [6.07, 6.45) is 0. The van der Waals surface area contributed by atoms with Crippen LogP contribution in [0.1, 0.15) is 12.5 Å². The maximum atomic E-state index is 12.8. The molecule has 0 saturated heterocycles. The first-order valence-corrected chi connectivity index (χ1v) is 13.0. The molecule has 0 aromatic heterocycles. The lowest BCUT2D eigenvalue weighted by molar-refractivity contribution is -0.115. The summed E-state index contributed by atoms with van der Waals surface area (Å²) in [6.45, 7) is 3.65. The number of nitrogens with one attached hydrogen (secondary N) is 2. The number of hydrogen-bond acceptors (Lipinski definition) is 7. The van der Waals surface area contributed by atoms with Crippen LogP contribution < -0.4 is 24.2 Å². The maximum Gasteiger partial charge on any atom is 0.262 e. The van der Waals surface area contributed by atoms with Gasteiger partial charge in [-0.05, 0) is 74.0 Å². The highest BCUT2D eigenvalue weighted by atomic mass is 32.2. The van der Waals surface area contributed by atoms with Crippen LogP contribution in [-0.2, 0) is 14.8 Å². The Kier molecular flexibility index (Phi) is 8.52. The number of carbonyl (C=O) groups is 1. The lowest BCUT2D eigenvalue weighted by atomic mass is 10.2. The zero-order valence-electron chi connectivity index (χ0n) is 20.1. The molecule has 0 heterocycles. The summed E-state index contributed by atoms with van der Waals surface area (Å²) in [7, 11) is 0.747. The molecule has 0 spiro atoms. The van der Waals surface area contributed by atoms with Crippen molar-refractivity contribution in [1.82, 2.24) is 0 Å². The van der Waals surface area contributed by atoms with Crippen molar-refractivity contribution in [2.45, 2.75) is 28.9 Å². The van der Waals surface area contributed by atoms with Crippen LogP contribution in [0.4, 0.5) is 11.4 Å². The SMILES string of the molecule is COc1ccc(C)cc1NS(=O)(=O)c1ccc(NC(=O)[C@@H](C)Sc2ccc(OC)c(OC)c2)cc1. The molecule has 0 unspecified atom stereocenters. The van der Waals surface area contributed by atoms with E-state index >= 15 is 0 Å². The number of methoxy groups -OCH3 is 3. The van der Waals surface area contributed by atoms with Crippen LogP contribution in [-0.4, -0.2) is 40.9 Å². The van der Waals surface area contributed by atoms with Crippen LogP contribution in [0.15, 0.2) is 70.5 Å². The molecule has 8 nitrogen and oxygen atoms in total. The van der Waals surface area contributed by atoms with Crippen LogP contribution in [0, 0.1) is 6.92 Å². The average molecular weight is 517 g/mol. The van der Waals surface area contributed by atoms with Crippen molar-refractivity contribution in [2.75, 3.05) is 31.4 Å². The Balaban J connectivity index is 1.66. The Morgan fingerprint density at radius 3 is 2.11 bits per heavy atom. The molecular formula is C25H28N2O6S2. The van der Waals surface area contributed by atoms with Gasteiger partial charge in [0.2, 0.25) is 5.91 Å². The maximum absolute atomic E-state index is 12.8. The average Bonchev–Trinajstić information content (AvgIpc) is 2.84. The minimum absolute atomic E-state index is 0.0619. The molecule has 3 rings (SSSR count). The minimum atomic E-state index is -3.85. The van der Waals surface area contributed by atoms with E-state index in [1.807, 2.05) is 25.1 Å². The summed E-state index contributed by atoms with van der Waals surface area (Å²) in [5.41, 5.74) is 1.73. The number of benzene rings is 3. The van der Waals surface area contributed by atoms with Crippen LogP contribution in [0.3, 0.4) is 0 Å². The number of carbonyl (C=O) groups excluding carboxylic acids is 1. The third-order valence-corrected chi connectivity index (χ3v) is 7.54. The number of amides is 1. The van der Waals surface area contributed by atoms with E-state index in [2.05, 4.69) is 10.0 Å². The molecule has 0 aliphatic rings. The highest BCUT2D eigenvalue weighted by molar-refractivity contribution is 8.00. The molecule has 0 aliphatic heterocycles. The van der Waals surface area contributed by atoms with Gasteiger partial charge >= 0.3 is 0 Å². The van der Waals surface area contributed by atoms with Gasteiger partial charge in [-0.2, -0.15) is 0 Å². The first-order chi connectivity index (χ1) is 16.7. The molecule has 10 heteroatoms. The van der Waals surface area contributed by atoms with Crippen LogP contribution in [0.25, 0.3) is 0 Å². The smallest absolute Gasteiger partial charge is 0.262 e. The van der Waals surface area contributed by atoms with E-state index in [9.17, 15) is 13.2 Å². The van der Waals surface area contributed by atoms with E-state index in [0.717, 1.165) is 10.5 Å². The second-order valence-electron chi connectivity index (χ2n) is 7.60. The molecule has 186 valence electrons. The van der Waals surface area contributed by atoms with Gasteiger partial charge in [-0.3, -0.25) is 9.52 Å². The number of aryl methyl sites for hydroxylation is 1. The van der Waals surface area contributed by atoms with E-state index in [1.54, 1.807) is 51.5 Å². The number of thioether (sulfide) groups is 1. The number of hydrogen-bond donors (Lipinski definition) is 2. The first-order valence-electron chi connectivity index (χ1n) is 10.6. The van der Waals surface area contributed by atoms with Crippen LogP contribution in [0.5, 0.6) is 17.2 Å². The largest absolute Gasteiger partial charge is 0.495 e. The van der Waals surface area contributed by atoms with E-state index in [0.29, 0.717) is 28.6 Å². The second kappa shape index (κ2) is 11.4. The Morgan fingerprint density at radius 1 is 0.857 bits per heavy atom. The quantitative estimate of drug-likeness (QED) is 0.368. The summed E-state index contributed by atoms with van der Waals surface area (Å²) in [5, 5.41) is 2.41. The molecule has 0 bridgehead atoms. The van der Waals surface area contributed by atoms with Crippen molar-refractivity contribution < 1.29 is 27.4 Å². The second-order valence-corrected chi connectivity index (χ2v) is 10.7. The standard InChI is InChI=1S/C25H28N2O6S2/c1-16-6-12-22(31-3)21(14-16)27-35(29,30)20-10-7-18(8-11-20)26-25(28)17(2)34-19-9-13-23(32-4)24(15-19)33-5/h6-15,17,27H,1-5H3,(H,26,28)/t17-/m1/s1. The first kappa shape index (κ1) is 26.2. The fourth-order valence-corrected chi connectivity index (χ4v) is 5.17. The van der Waals surface area contributed by atoms with Gasteiger partial charge in [-0.25, -0.2) is 8.42 Å². The van der Waals surface area contributed by atoms with Crippen molar-refractivity contribution in [3.8, 4) is 17.2 Å². The fourth-order valence-electron chi connectivity index (χ4n) is 3.21.